The first kappa shape index (κ1) is 4.48. The summed E-state index contributed by atoms with van der Waals surface area (Å²) in [6.45, 7) is 0. The average molecular weight is 73.8 g/mol. The lowest BCUT2D eigenvalue weighted by Crippen LogP contribution is -1.85. The van der Waals surface area contributed by atoms with Crippen molar-refractivity contribution in [3.8, 4) is 12.2 Å². The van der Waals surface area contributed by atoms with Crippen LogP contribution < -0.4 is 0 Å². The fourth-order valence-electron chi connectivity index (χ4n) is 0. The van der Waals surface area contributed by atoms with Gasteiger partial charge in [-0.15, -0.1) is 6.42 Å². The number of hydrogen-bond donors (Lipinski definition) is 0. The topological polar surface area (TPSA) is 0 Å². The minimum atomic E-state index is -2.59. The maximum absolute atomic E-state index is 10.5. The van der Waals surface area contributed by atoms with Crippen LogP contribution in [0.25, 0.3) is 0 Å². The molecule has 0 rings (SSSR count). The Morgan fingerprint density at radius 2 is 1.80 bits per heavy atom. The fourth-order valence-corrected chi connectivity index (χ4v) is 0. The van der Waals surface area contributed by atoms with Gasteiger partial charge in [0.2, 0.25) is 0 Å². The van der Waals surface area contributed by atoms with Crippen LogP contribution in [0.1, 0.15) is 0 Å². The Morgan fingerprint density at radius 1 is 1.60 bits per heavy atom. The van der Waals surface area contributed by atoms with Gasteiger partial charge in [-0.2, -0.15) is 0 Å². The Hall–Kier alpha value is -0.515. The standard InChI is InChI=1S/C2HBF2/c1-2-3(4)5/h1H. The number of halogens is 2. The van der Waals surface area contributed by atoms with Crippen LogP contribution in [0.2, 0.25) is 0 Å². The van der Waals surface area contributed by atoms with Gasteiger partial charge in [0.25, 0.3) is 0 Å². The molecule has 0 N–H and O–H groups in total. The summed E-state index contributed by atoms with van der Waals surface area (Å²) in [4.78, 5) is 0. The van der Waals surface area contributed by atoms with Crippen molar-refractivity contribution >= 4 is 7.27 Å². The molecule has 0 unspecified atom stereocenters. The lowest BCUT2D eigenvalue weighted by Gasteiger charge is -1.62. The van der Waals surface area contributed by atoms with Gasteiger partial charge in [-0.1, -0.05) is 5.82 Å². The summed E-state index contributed by atoms with van der Waals surface area (Å²) >= 11 is 0. The molecule has 0 aliphatic heterocycles. The molecule has 0 aliphatic carbocycles. The minimum Gasteiger partial charge on any atom is -0.273 e. The highest BCUT2D eigenvalue weighted by Gasteiger charge is 2.02. The minimum absolute atomic E-state index is 1.19. The summed E-state index contributed by atoms with van der Waals surface area (Å²) < 4.78 is 21.1. The average Bonchev–Trinajstić information content (AvgIpc) is 1.38. The molecule has 0 aromatic rings. The smallest absolute Gasteiger partial charge is 0.273 e. The zero-order valence-electron chi connectivity index (χ0n) is 2.41. The molecule has 0 aromatic carbocycles. The molecule has 0 amide bonds. The molecule has 0 aliphatic rings. The Labute approximate surface area is 29.4 Å². The van der Waals surface area contributed by atoms with E-state index in [9.17, 15) is 8.63 Å². The lowest BCUT2D eigenvalue weighted by atomic mass is 10.0. The van der Waals surface area contributed by atoms with Gasteiger partial charge in [0.1, 0.15) is 0 Å². The van der Waals surface area contributed by atoms with Gasteiger partial charge in [0.05, 0.1) is 0 Å². The van der Waals surface area contributed by atoms with Crippen LogP contribution >= 0.6 is 0 Å². The second kappa shape index (κ2) is 1.77. The number of rotatable bonds is 0. The summed E-state index contributed by atoms with van der Waals surface area (Å²) in [5.41, 5.74) is 0. The van der Waals surface area contributed by atoms with Crippen molar-refractivity contribution < 1.29 is 8.63 Å². The molecule has 0 nitrogen and oxygen atoms in total. The summed E-state index contributed by atoms with van der Waals surface area (Å²) in [5, 5.41) is 0. The molecule has 0 saturated carbocycles. The van der Waals surface area contributed by atoms with E-state index in [4.69, 9.17) is 0 Å². The van der Waals surface area contributed by atoms with Crippen molar-refractivity contribution in [1.29, 1.82) is 0 Å². The second-order valence-electron chi connectivity index (χ2n) is 0.467. The summed E-state index contributed by atoms with van der Waals surface area (Å²) in [7, 11) is -2.59. The molecule has 0 bridgehead atoms. The largest absolute Gasteiger partial charge is 0.627 e. The molecule has 5 heavy (non-hydrogen) atoms. The van der Waals surface area contributed by atoms with Gasteiger partial charge in [0, 0.05) is 0 Å². The van der Waals surface area contributed by atoms with Crippen molar-refractivity contribution in [2.24, 2.45) is 0 Å². The van der Waals surface area contributed by atoms with E-state index in [1.165, 1.54) is 5.82 Å². The normalized spacial score (nSPS) is 5.80. The first-order chi connectivity index (χ1) is 2.27. The highest BCUT2D eigenvalue weighted by Crippen LogP contribution is 1.76. The first-order valence-corrected chi connectivity index (χ1v) is 1.01. The summed E-state index contributed by atoms with van der Waals surface area (Å²) in [6, 6.07) is 0. The zero-order chi connectivity index (χ0) is 4.28. The van der Waals surface area contributed by atoms with E-state index in [1.807, 2.05) is 0 Å². The lowest BCUT2D eigenvalue weighted by molar-refractivity contribution is 0.688. The Bertz CT molecular complexity index is 53.2. The van der Waals surface area contributed by atoms with Crippen LogP contribution in [0.15, 0.2) is 0 Å². The summed E-state index contributed by atoms with van der Waals surface area (Å²) in [5.74, 6) is 1.19. The molecular weight excluding hydrogens is 72.8 g/mol. The fraction of sp³-hybridized carbons (Fsp3) is 0. The van der Waals surface area contributed by atoms with Gasteiger partial charge in [-0.3, -0.25) is 8.63 Å². The van der Waals surface area contributed by atoms with E-state index in [1.54, 1.807) is 0 Å². The van der Waals surface area contributed by atoms with Crippen LogP contribution in [0, 0.1) is 12.2 Å². The first-order valence-electron chi connectivity index (χ1n) is 1.01. The van der Waals surface area contributed by atoms with Gasteiger partial charge in [-0.05, 0) is 0 Å². The van der Waals surface area contributed by atoms with E-state index in [2.05, 4.69) is 6.42 Å². The van der Waals surface area contributed by atoms with Gasteiger partial charge < -0.3 is 0 Å². The molecule has 0 fully saturated rings. The highest BCUT2D eigenvalue weighted by atomic mass is 19.2. The zero-order valence-corrected chi connectivity index (χ0v) is 2.41. The third kappa shape index (κ3) is 3.48. The Morgan fingerprint density at radius 3 is 1.80 bits per heavy atom. The van der Waals surface area contributed by atoms with Crippen LogP contribution in [-0.4, -0.2) is 7.27 Å². The Balaban J connectivity index is 2.94. The quantitative estimate of drug-likeness (QED) is 0.291. The molecule has 0 spiro atoms. The van der Waals surface area contributed by atoms with Crippen LogP contribution in [0.3, 0.4) is 0 Å². The maximum Gasteiger partial charge on any atom is 0.627 e. The molecule has 3 heteroatoms. The third-order valence-electron chi connectivity index (χ3n) is 0.126. The molecule has 0 aromatic heterocycles. The molecule has 0 radical (unpaired) electrons. The van der Waals surface area contributed by atoms with Gasteiger partial charge in [-0.25, -0.2) is 0 Å². The van der Waals surface area contributed by atoms with E-state index in [0.29, 0.717) is 0 Å². The SMILES string of the molecule is C#CB(F)F. The van der Waals surface area contributed by atoms with Crippen LogP contribution in [0.5, 0.6) is 0 Å². The van der Waals surface area contributed by atoms with E-state index < -0.39 is 7.27 Å². The van der Waals surface area contributed by atoms with Crippen LogP contribution in [-0.2, 0) is 0 Å². The predicted octanol–water partition coefficient (Wildman–Crippen LogP) is 0.586. The van der Waals surface area contributed by atoms with E-state index in [-0.39, 0.29) is 0 Å². The Kier molecular flexibility index (Phi) is 1.59. The number of hydrogen-bond acceptors (Lipinski definition) is 0. The van der Waals surface area contributed by atoms with Gasteiger partial charge >= 0.3 is 7.27 Å². The molecule has 26 valence electrons. The summed E-state index contributed by atoms with van der Waals surface area (Å²) in [6.07, 6.45) is 4.17. The molecular formula is C2HBF2. The third-order valence-corrected chi connectivity index (χ3v) is 0.126. The van der Waals surface area contributed by atoms with Crippen molar-refractivity contribution in [1.82, 2.24) is 0 Å². The molecule has 0 saturated heterocycles. The molecule has 0 atom stereocenters. The predicted molar refractivity (Wildman–Crippen MR) is 16.8 cm³/mol. The van der Waals surface area contributed by atoms with Gasteiger partial charge in [0.15, 0.2) is 0 Å². The molecule has 0 heterocycles. The van der Waals surface area contributed by atoms with E-state index >= 15 is 0 Å². The number of terminal acetylenes is 1. The van der Waals surface area contributed by atoms with Crippen molar-refractivity contribution in [2.45, 2.75) is 0 Å². The van der Waals surface area contributed by atoms with E-state index in [0.717, 1.165) is 0 Å². The van der Waals surface area contributed by atoms with Crippen LogP contribution in [0.4, 0.5) is 8.63 Å². The monoisotopic (exact) mass is 74.0 g/mol. The van der Waals surface area contributed by atoms with Crippen molar-refractivity contribution in [3.05, 3.63) is 0 Å². The van der Waals surface area contributed by atoms with Crippen molar-refractivity contribution in [2.75, 3.05) is 0 Å². The highest BCUT2D eigenvalue weighted by molar-refractivity contribution is 6.52. The maximum atomic E-state index is 10.5. The second-order valence-corrected chi connectivity index (χ2v) is 0.467. The van der Waals surface area contributed by atoms with Crippen molar-refractivity contribution in [3.63, 3.8) is 0 Å².